The van der Waals surface area contributed by atoms with E-state index in [9.17, 15) is 9.18 Å². The van der Waals surface area contributed by atoms with Crippen LogP contribution in [0.4, 0.5) is 4.39 Å². The molecule has 5 heteroatoms. The van der Waals surface area contributed by atoms with Crippen LogP contribution in [0.2, 0.25) is 0 Å². The van der Waals surface area contributed by atoms with Crippen LogP contribution in [0.3, 0.4) is 0 Å². The van der Waals surface area contributed by atoms with Crippen molar-refractivity contribution in [3.05, 3.63) is 65.5 Å². The molecule has 0 saturated heterocycles. The number of hydrazone groups is 1. The summed E-state index contributed by atoms with van der Waals surface area (Å²) in [6.45, 7) is 2.73. The lowest BCUT2D eigenvalue weighted by Gasteiger charge is -2.05. The molecule has 0 unspecified atom stereocenters. The predicted octanol–water partition coefficient (Wildman–Crippen LogP) is 3.31. The van der Waals surface area contributed by atoms with E-state index in [1.54, 1.807) is 12.1 Å². The summed E-state index contributed by atoms with van der Waals surface area (Å²) in [7, 11) is 0. The Morgan fingerprint density at radius 1 is 1.17 bits per heavy atom. The van der Waals surface area contributed by atoms with Crippen molar-refractivity contribution in [1.29, 1.82) is 0 Å². The van der Waals surface area contributed by atoms with Crippen LogP contribution in [-0.2, 0) is 11.2 Å². The molecular formula is C18H19FN2O2. The Balaban J connectivity index is 1.81. The van der Waals surface area contributed by atoms with E-state index in [-0.39, 0.29) is 18.1 Å². The van der Waals surface area contributed by atoms with Gasteiger partial charge in [0.15, 0.2) is 0 Å². The zero-order chi connectivity index (χ0) is 16.5. The Labute approximate surface area is 135 Å². The maximum Gasteiger partial charge on any atom is 0.244 e. The van der Waals surface area contributed by atoms with E-state index in [4.69, 9.17) is 4.74 Å². The second kappa shape index (κ2) is 8.68. The first kappa shape index (κ1) is 16.7. The number of nitrogens with one attached hydrogen (secondary N) is 1. The van der Waals surface area contributed by atoms with Gasteiger partial charge in [0.05, 0.1) is 19.2 Å². The van der Waals surface area contributed by atoms with Gasteiger partial charge in [0.25, 0.3) is 0 Å². The van der Waals surface area contributed by atoms with Crippen molar-refractivity contribution in [3.8, 4) is 5.75 Å². The summed E-state index contributed by atoms with van der Waals surface area (Å²) < 4.78 is 18.2. The fourth-order valence-corrected chi connectivity index (χ4v) is 1.88. The van der Waals surface area contributed by atoms with Crippen molar-refractivity contribution in [2.45, 2.75) is 19.8 Å². The molecule has 120 valence electrons. The number of halogens is 1. The average molecular weight is 314 g/mol. The molecule has 0 bridgehead atoms. The molecule has 1 amide bonds. The van der Waals surface area contributed by atoms with Crippen LogP contribution in [0, 0.1) is 5.82 Å². The van der Waals surface area contributed by atoms with Gasteiger partial charge in [-0.1, -0.05) is 31.2 Å². The molecule has 0 aliphatic rings. The quantitative estimate of drug-likeness (QED) is 0.629. The molecular weight excluding hydrogens is 295 g/mol. The number of carbonyl (C=O) groups is 1. The number of rotatable bonds is 7. The summed E-state index contributed by atoms with van der Waals surface area (Å²) in [6.07, 6.45) is 2.66. The lowest BCUT2D eigenvalue weighted by molar-refractivity contribution is -0.120. The highest BCUT2D eigenvalue weighted by Crippen LogP contribution is 2.12. The maximum absolute atomic E-state index is 12.8. The zero-order valence-corrected chi connectivity index (χ0v) is 13.0. The standard InChI is InChI=1S/C18H19FN2O2/c1-2-11-23-17-9-5-14(6-10-17)12-18(22)21-20-13-15-3-7-16(19)8-4-15/h3-10,13H,2,11-12H2,1H3,(H,21,22)/b20-13-. The number of ether oxygens (including phenoxy) is 1. The molecule has 0 heterocycles. The summed E-state index contributed by atoms with van der Waals surface area (Å²) in [6, 6.07) is 13.2. The number of benzene rings is 2. The largest absolute Gasteiger partial charge is 0.494 e. The third-order valence-electron chi connectivity index (χ3n) is 3.03. The van der Waals surface area contributed by atoms with Crippen molar-refractivity contribution in [2.75, 3.05) is 6.61 Å². The fourth-order valence-electron chi connectivity index (χ4n) is 1.88. The van der Waals surface area contributed by atoms with E-state index in [2.05, 4.69) is 10.5 Å². The lowest BCUT2D eigenvalue weighted by atomic mass is 10.1. The first-order chi connectivity index (χ1) is 11.2. The van der Waals surface area contributed by atoms with Gasteiger partial charge in [-0.05, 0) is 41.8 Å². The van der Waals surface area contributed by atoms with Gasteiger partial charge >= 0.3 is 0 Å². The zero-order valence-electron chi connectivity index (χ0n) is 13.0. The molecule has 2 aromatic carbocycles. The summed E-state index contributed by atoms with van der Waals surface area (Å²) >= 11 is 0. The van der Waals surface area contributed by atoms with E-state index in [0.717, 1.165) is 17.7 Å². The van der Waals surface area contributed by atoms with Crippen LogP contribution in [0.25, 0.3) is 0 Å². The summed E-state index contributed by atoms with van der Waals surface area (Å²) in [4.78, 5) is 11.8. The summed E-state index contributed by atoms with van der Waals surface area (Å²) in [5.41, 5.74) is 4.04. The molecule has 0 saturated carbocycles. The fraction of sp³-hybridized carbons (Fsp3) is 0.222. The Bertz CT molecular complexity index is 652. The van der Waals surface area contributed by atoms with Gasteiger partial charge < -0.3 is 4.74 Å². The SMILES string of the molecule is CCCOc1ccc(CC(=O)N/N=C\c2ccc(F)cc2)cc1. The monoisotopic (exact) mass is 314 g/mol. The molecule has 0 aromatic heterocycles. The number of amides is 1. The van der Waals surface area contributed by atoms with E-state index in [1.165, 1.54) is 18.3 Å². The highest BCUT2D eigenvalue weighted by Gasteiger charge is 2.02. The highest BCUT2D eigenvalue weighted by molar-refractivity contribution is 5.83. The van der Waals surface area contributed by atoms with Crippen molar-refractivity contribution in [3.63, 3.8) is 0 Å². The minimum atomic E-state index is -0.308. The van der Waals surface area contributed by atoms with Crippen molar-refractivity contribution < 1.29 is 13.9 Å². The predicted molar refractivity (Wildman–Crippen MR) is 88.1 cm³/mol. The molecule has 0 spiro atoms. The Kier molecular flexibility index (Phi) is 6.29. The third kappa shape index (κ3) is 5.90. The van der Waals surface area contributed by atoms with Gasteiger partial charge in [0.1, 0.15) is 11.6 Å². The number of hydrogen-bond acceptors (Lipinski definition) is 3. The Morgan fingerprint density at radius 3 is 2.52 bits per heavy atom. The van der Waals surface area contributed by atoms with Crippen molar-refractivity contribution in [1.82, 2.24) is 5.43 Å². The molecule has 23 heavy (non-hydrogen) atoms. The molecule has 2 aromatic rings. The average Bonchev–Trinajstić information content (AvgIpc) is 2.56. The van der Waals surface area contributed by atoms with Crippen molar-refractivity contribution in [2.24, 2.45) is 5.10 Å². The minimum Gasteiger partial charge on any atom is -0.494 e. The molecule has 2 rings (SSSR count). The van der Waals surface area contributed by atoms with Crippen LogP contribution < -0.4 is 10.2 Å². The summed E-state index contributed by atoms with van der Waals surface area (Å²) in [5.74, 6) is 0.272. The van der Waals surface area contributed by atoms with Crippen LogP contribution in [0.15, 0.2) is 53.6 Å². The van der Waals surface area contributed by atoms with Gasteiger partial charge in [-0.3, -0.25) is 4.79 Å². The first-order valence-electron chi connectivity index (χ1n) is 7.46. The molecule has 1 N–H and O–H groups in total. The van der Waals surface area contributed by atoms with Crippen LogP contribution >= 0.6 is 0 Å². The van der Waals surface area contributed by atoms with E-state index in [0.29, 0.717) is 12.2 Å². The normalized spacial score (nSPS) is 10.7. The molecule has 0 fully saturated rings. The van der Waals surface area contributed by atoms with Crippen LogP contribution in [-0.4, -0.2) is 18.7 Å². The van der Waals surface area contributed by atoms with E-state index in [1.807, 2.05) is 31.2 Å². The smallest absolute Gasteiger partial charge is 0.244 e. The first-order valence-corrected chi connectivity index (χ1v) is 7.46. The molecule has 0 aliphatic carbocycles. The Morgan fingerprint density at radius 2 is 1.87 bits per heavy atom. The topological polar surface area (TPSA) is 50.7 Å². The third-order valence-corrected chi connectivity index (χ3v) is 3.03. The second-order valence-electron chi connectivity index (χ2n) is 5.01. The molecule has 0 aliphatic heterocycles. The van der Waals surface area contributed by atoms with Crippen LogP contribution in [0.1, 0.15) is 24.5 Å². The Hall–Kier alpha value is -2.69. The lowest BCUT2D eigenvalue weighted by Crippen LogP contribution is -2.19. The van der Waals surface area contributed by atoms with Crippen molar-refractivity contribution >= 4 is 12.1 Å². The molecule has 4 nitrogen and oxygen atoms in total. The van der Waals surface area contributed by atoms with Gasteiger partial charge in [-0.2, -0.15) is 5.10 Å². The number of carbonyl (C=O) groups excluding carboxylic acids is 1. The van der Waals surface area contributed by atoms with Gasteiger partial charge in [-0.15, -0.1) is 0 Å². The minimum absolute atomic E-state index is 0.217. The van der Waals surface area contributed by atoms with E-state index >= 15 is 0 Å². The van der Waals surface area contributed by atoms with Gasteiger partial charge in [0, 0.05) is 0 Å². The van der Waals surface area contributed by atoms with Gasteiger partial charge in [0.2, 0.25) is 5.91 Å². The van der Waals surface area contributed by atoms with Crippen LogP contribution in [0.5, 0.6) is 5.75 Å². The summed E-state index contributed by atoms with van der Waals surface area (Å²) in [5, 5.41) is 3.85. The maximum atomic E-state index is 12.8. The van der Waals surface area contributed by atoms with Gasteiger partial charge in [-0.25, -0.2) is 9.82 Å². The molecule has 0 radical (unpaired) electrons. The number of hydrogen-bond donors (Lipinski definition) is 1. The van der Waals surface area contributed by atoms with E-state index < -0.39 is 0 Å². The second-order valence-corrected chi connectivity index (χ2v) is 5.01. The molecule has 0 atom stereocenters. The number of nitrogens with zero attached hydrogens (tertiary/aromatic N) is 1. The highest BCUT2D eigenvalue weighted by atomic mass is 19.1.